The predicted molar refractivity (Wildman–Crippen MR) is 103 cm³/mol. The normalized spacial score (nSPS) is 15.0. The Labute approximate surface area is 157 Å². The first kappa shape index (κ1) is 17.1. The van der Waals surface area contributed by atoms with Gasteiger partial charge in [0.1, 0.15) is 6.33 Å². The van der Waals surface area contributed by atoms with Gasteiger partial charge < -0.3 is 19.1 Å². The van der Waals surface area contributed by atoms with Gasteiger partial charge in [-0.1, -0.05) is 23.7 Å². The number of hydrogen-bond acceptors (Lipinski definition) is 6. The summed E-state index contributed by atoms with van der Waals surface area (Å²) in [5.41, 5.74) is 2.78. The molecule has 2 aromatic heterocycles. The van der Waals surface area contributed by atoms with E-state index >= 15 is 0 Å². The van der Waals surface area contributed by atoms with Gasteiger partial charge in [0.2, 0.25) is 0 Å². The van der Waals surface area contributed by atoms with Crippen molar-refractivity contribution in [1.82, 2.24) is 19.5 Å². The Balaban J connectivity index is 1.53. The van der Waals surface area contributed by atoms with Crippen LogP contribution in [0.1, 0.15) is 0 Å². The molecule has 0 amide bonds. The van der Waals surface area contributed by atoms with Gasteiger partial charge in [-0.3, -0.25) is 0 Å². The van der Waals surface area contributed by atoms with Crippen LogP contribution in [0.2, 0.25) is 5.02 Å². The first-order valence-electron chi connectivity index (χ1n) is 8.67. The average molecular weight is 373 g/mol. The SMILES string of the molecule is COCCn1cnc2c(N3CCN(c4ccccc4Cl)CC3)ncnc21. The van der Waals surface area contributed by atoms with Crippen LogP contribution in [0.3, 0.4) is 0 Å². The maximum Gasteiger partial charge on any atom is 0.165 e. The summed E-state index contributed by atoms with van der Waals surface area (Å²) in [6, 6.07) is 7.98. The van der Waals surface area contributed by atoms with Crippen LogP contribution in [0.25, 0.3) is 11.2 Å². The highest BCUT2D eigenvalue weighted by atomic mass is 35.5. The Hall–Kier alpha value is -2.38. The fourth-order valence-electron chi connectivity index (χ4n) is 3.32. The number of para-hydroxylation sites is 1. The van der Waals surface area contributed by atoms with Gasteiger partial charge in [-0.05, 0) is 12.1 Å². The lowest BCUT2D eigenvalue weighted by atomic mass is 10.2. The number of nitrogens with zero attached hydrogens (tertiary/aromatic N) is 6. The largest absolute Gasteiger partial charge is 0.383 e. The molecule has 0 radical (unpaired) electrons. The minimum absolute atomic E-state index is 0.626. The molecular weight excluding hydrogens is 352 g/mol. The van der Waals surface area contributed by atoms with E-state index in [1.54, 1.807) is 13.4 Å². The zero-order valence-corrected chi connectivity index (χ0v) is 15.4. The van der Waals surface area contributed by atoms with Gasteiger partial charge in [-0.25, -0.2) is 15.0 Å². The van der Waals surface area contributed by atoms with Crippen LogP contribution < -0.4 is 9.80 Å². The molecule has 0 atom stereocenters. The molecule has 0 saturated carbocycles. The number of piperazine rings is 1. The Morgan fingerprint density at radius 3 is 2.58 bits per heavy atom. The predicted octanol–water partition coefficient (Wildman–Crippen LogP) is 2.45. The van der Waals surface area contributed by atoms with Gasteiger partial charge in [-0.2, -0.15) is 0 Å². The number of benzene rings is 1. The topological polar surface area (TPSA) is 59.3 Å². The quantitative estimate of drug-likeness (QED) is 0.685. The molecule has 8 heteroatoms. The summed E-state index contributed by atoms with van der Waals surface area (Å²) in [5, 5.41) is 0.794. The summed E-state index contributed by atoms with van der Waals surface area (Å²) in [4.78, 5) is 18.0. The van der Waals surface area contributed by atoms with E-state index in [1.807, 2.05) is 29.1 Å². The zero-order valence-electron chi connectivity index (χ0n) is 14.7. The van der Waals surface area contributed by atoms with E-state index in [2.05, 4.69) is 30.8 Å². The van der Waals surface area contributed by atoms with Gasteiger partial charge in [-0.15, -0.1) is 0 Å². The van der Waals surface area contributed by atoms with E-state index in [0.29, 0.717) is 6.61 Å². The second kappa shape index (κ2) is 7.47. The number of halogens is 1. The lowest BCUT2D eigenvalue weighted by molar-refractivity contribution is 0.188. The molecule has 1 aliphatic rings. The molecule has 4 rings (SSSR count). The second-order valence-electron chi connectivity index (χ2n) is 6.23. The van der Waals surface area contributed by atoms with Gasteiger partial charge in [0.05, 0.1) is 23.6 Å². The van der Waals surface area contributed by atoms with Crippen LogP contribution in [-0.2, 0) is 11.3 Å². The Bertz CT molecular complexity index is 890. The smallest absolute Gasteiger partial charge is 0.165 e. The molecule has 1 saturated heterocycles. The summed E-state index contributed by atoms with van der Waals surface area (Å²) in [6.07, 6.45) is 3.42. The van der Waals surface area contributed by atoms with Crippen LogP contribution in [-0.4, -0.2) is 59.4 Å². The number of anilines is 2. The fraction of sp³-hybridized carbons (Fsp3) is 0.389. The molecule has 0 bridgehead atoms. The van der Waals surface area contributed by atoms with Crippen LogP contribution in [0.5, 0.6) is 0 Å². The molecule has 0 unspecified atom stereocenters. The lowest BCUT2D eigenvalue weighted by Gasteiger charge is -2.37. The lowest BCUT2D eigenvalue weighted by Crippen LogP contribution is -2.47. The molecular formula is C18H21ClN6O. The maximum absolute atomic E-state index is 6.33. The third-order valence-electron chi connectivity index (χ3n) is 4.69. The third kappa shape index (κ3) is 3.20. The van der Waals surface area contributed by atoms with Crippen LogP contribution in [0.4, 0.5) is 11.5 Å². The Morgan fingerprint density at radius 1 is 1.04 bits per heavy atom. The third-order valence-corrected chi connectivity index (χ3v) is 5.01. The van der Waals surface area contributed by atoms with Crippen LogP contribution in [0.15, 0.2) is 36.9 Å². The van der Waals surface area contributed by atoms with E-state index in [0.717, 1.165) is 60.4 Å². The molecule has 1 fully saturated rings. The van der Waals surface area contributed by atoms with E-state index in [1.165, 1.54) is 0 Å². The summed E-state index contributed by atoms with van der Waals surface area (Å²) in [5.74, 6) is 0.893. The van der Waals surface area contributed by atoms with Gasteiger partial charge in [0.25, 0.3) is 0 Å². The van der Waals surface area contributed by atoms with Gasteiger partial charge >= 0.3 is 0 Å². The van der Waals surface area contributed by atoms with Crippen molar-refractivity contribution in [3.8, 4) is 0 Å². The van der Waals surface area contributed by atoms with Gasteiger partial charge in [0.15, 0.2) is 17.0 Å². The molecule has 136 valence electrons. The highest BCUT2D eigenvalue weighted by molar-refractivity contribution is 6.33. The number of hydrogen-bond donors (Lipinski definition) is 0. The average Bonchev–Trinajstić information content (AvgIpc) is 3.10. The standard InChI is InChI=1S/C18H21ClN6O/c1-26-11-10-25-13-22-16-17(20-12-21-18(16)25)24-8-6-23(7-9-24)15-5-3-2-4-14(15)19/h2-5,12-13H,6-11H2,1H3. The molecule has 1 aromatic carbocycles. The molecule has 0 spiro atoms. The van der Waals surface area contributed by atoms with Crippen molar-refractivity contribution in [2.24, 2.45) is 0 Å². The summed E-state index contributed by atoms with van der Waals surface area (Å²) in [7, 11) is 1.69. The van der Waals surface area contributed by atoms with Gasteiger partial charge in [0, 0.05) is 39.8 Å². The Kier molecular flexibility index (Phi) is 4.90. The second-order valence-corrected chi connectivity index (χ2v) is 6.63. The number of imidazole rings is 1. The van der Waals surface area contributed by atoms with Crippen molar-refractivity contribution in [1.29, 1.82) is 0 Å². The number of ether oxygens (including phenoxy) is 1. The van der Waals surface area contributed by atoms with Crippen molar-refractivity contribution in [2.75, 3.05) is 49.7 Å². The first-order valence-corrected chi connectivity index (χ1v) is 9.05. The minimum Gasteiger partial charge on any atom is -0.383 e. The maximum atomic E-state index is 6.33. The number of rotatable bonds is 5. The molecule has 3 heterocycles. The van der Waals surface area contributed by atoms with Crippen LogP contribution in [0, 0.1) is 0 Å². The monoisotopic (exact) mass is 372 g/mol. The Morgan fingerprint density at radius 2 is 1.81 bits per heavy atom. The van der Waals surface area contributed by atoms with Crippen LogP contribution >= 0.6 is 11.6 Å². The molecule has 1 aliphatic heterocycles. The summed E-state index contributed by atoms with van der Waals surface area (Å²) in [6.45, 7) is 4.86. The highest BCUT2D eigenvalue weighted by Crippen LogP contribution is 2.28. The summed E-state index contributed by atoms with van der Waals surface area (Å²) < 4.78 is 7.16. The molecule has 7 nitrogen and oxygen atoms in total. The molecule has 3 aromatic rings. The van der Waals surface area contributed by atoms with Crippen molar-refractivity contribution in [2.45, 2.75) is 6.54 Å². The van der Waals surface area contributed by atoms with Crippen molar-refractivity contribution in [3.63, 3.8) is 0 Å². The zero-order chi connectivity index (χ0) is 17.9. The summed E-state index contributed by atoms with van der Waals surface area (Å²) >= 11 is 6.33. The van der Waals surface area contributed by atoms with E-state index in [-0.39, 0.29) is 0 Å². The number of aromatic nitrogens is 4. The van der Waals surface area contributed by atoms with E-state index < -0.39 is 0 Å². The number of fused-ring (bicyclic) bond motifs is 1. The first-order chi connectivity index (χ1) is 12.8. The van der Waals surface area contributed by atoms with Crippen molar-refractivity contribution >= 4 is 34.3 Å². The van der Waals surface area contributed by atoms with Crippen molar-refractivity contribution < 1.29 is 4.74 Å². The fourth-order valence-corrected chi connectivity index (χ4v) is 3.58. The molecule has 0 N–H and O–H groups in total. The molecule has 0 aliphatic carbocycles. The number of methoxy groups -OCH3 is 1. The minimum atomic E-state index is 0.626. The molecule has 26 heavy (non-hydrogen) atoms. The highest BCUT2D eigenvalue weighted by Gasteiger charge is 2.22. The van der Waals surface area contributed by atoms with E-state index in [4.69, 9.17) is 16.3 Å². The van der Waals surface area contributed by atoms with E-state index in [9.17, 15) is 0 Å². The van der Waals surface area contributed by atoms with Crippen molar-refractivity contribution in [3.05, 3.63) is 41.9 Å².